The Kier molecular flexibility index (Phi) is 6.76. The van der Waals surface area contributed by atoms with Crippen LogP contribution in [0.3, 0.4) is 0 Å². The van der Waals surface area contributed by atoms with E-state index in [9.17, 15) is 13.2 Å². The number of rotatable bonds is 9. The third-order valence-corrected chi connectivity index (χ3v) is 5.94. The van der Waals surface area contributed by atoms with Crippen LogP contribution in [0.4, 0.5) is 5.69 Å². The van der Waals surface area contributed by atoms with Crippen molar-refractivity contribution in [3.05, 3.63) is 60.2 Å². The van der Waals surface area contributed by atoms with Crippen molar-refractivity contribution in [2.45, 2.75) is 37.1 Å². The largest absolute Gasteiger partial charge is 0.480 e. The lowest BCUT2D eigenvalue weighted by molar-refractivity contribution is -0.138. The molecule has 0 fully saturated rings. The maximum Gasteiger partial charge on any atom is 0.320 e. The van der Waals surface area contributed by atoms with Crippen molar-refractivity contribution < 1.29 is 18.3 Å². The molecule has 0 bridgehead atoms. The highest BCUT2D eigenvalue weighted by molar-refractivity contribution is 7.92. The smallest absolute Gasteiger partial charge is 0.320 e. The number of carbonyl (C=O) groups is 1. The molecular weight excluding hydrogens is 352 g/mol. The van der Waals surface area contributed by atoms with Gasteiger partial charge in [-0.1, -0.05) is 35.9 Å². The summed E-state index contributed by atoms with van der Waals surface area (Å²) in [5.41, 5.74) is 7.07. The van der Waals surface area contributed by atoms with Crippen molar-refractivity contribution >= 4 is 21.7 Å². The fraction of sp³-hybridized carbons (Fsp3) is 0.316. The van der Waals surface area contributed by atoms with Crippen LogP contribution in [0, 0.1) is 6.92 Å². The number of hydrogen-bond acceptors (Lipinski definition) is 4. The highest BCUT2D eigenvalue weighted by Crippen LogP contribution is 2.24. The predicted molar refractivity (Wildman–Crippen MR) is 102 cm³/mol. The molecule has 0 unspecified atom stereocenters. The standard InChI is InChI=1S/C19H24N2O4S/c1-15-10-12-17(13-11-15)26(24,25)21(16-7-3-2-4-8-16)14-6-5-9-18(20)19(22)23/h2-4,7-8,10-13,18H,5-6,9,14,20H2,1H3,(H,22,23)/t18-/m0/s1. The summed E-state index contributed by atoms with van der Waals surface area (Å²) >= 11 is 0. The van der Waals surface area contributed by atoms with E-state index in [0.717, 1.165) is 5.56 Å². The van der Waals surface area contributed by atoms with Crippen LogP contribution in [0.2, 0.25) is 0 Å². The Hall–Kier alpha value is -2.38. The summed E-state index contributed by atoms with van der Waals surface area (Å²) in [6.45, 7) is 2.16. The second-order valence-corrected chi connectivity index (χ2v) is 8.03. The lowest BCUT2D eigenvalue weighted by Gasteiger charge is -2.25. The van der Waals surface area contributed by atoms with E-state index >= 15 is 0 Å². The monoisotopic (exact) mass is 376 g/mol. The van der Waals surface area contributed by atoms with Crippen molar-refractivity contribution in [1.29, 1.82) is 0 Å². The maximum atomic E-state index is 13.1. The number of hydrogen-bond donors (Lipinski definition) is 2. The number of unbranched alkanes of at least 4 members (excludes halogenated alkanes) is 1. The molecule has 0 saturated carbocycles. The first-order valence-corrected chi connectivity index (χ1v) is 9.89. The first kappa shape index (κ1) is 19.9. The van der Waals surface area contributed by atoms with Gasteiger partial charge in [-0.05, 0) is 50.5 Å². The van der Waals surface area contributed by atoms with Gasteiger partial charge in [0.05, 0.1) is 10.6 Å². The molecule has 2 aromatic rings. The Bertz CT molecular complexity index is 820. The van der Waals surface area contributed by atoms with Gasteiger partial charge in [0, 0.05) is 6.54 Å². The summed E-state index contributed by atoms with van der Waals surface area (Å²) in [6.07, 6.45) is 1.35. The van der Waals surface area contributed by atoms with Crippen molar-refractivity contribution in [3.63, 3.8) is 0 Å². The average Bonchev–Trinajstić information content (AvgIpc) is 2.62. The van der Waals surface area contributed by atoms with Gasteiger partial charge in [0.25, 0.3) is 10.0 Å². The number of aliphatic carboxylic acids is 1. The quantitative estimate of drug-likeness (QED) is 0.656. The first-order valence-electron chi connectivity index (χ1n) is 8.45. The molecule has 0 saturated heterocycles. The molecule has 0 spiro atoms. The van der Waals surface area contributed by atoms with E-state index in [1.54, 1.807) is 48.5 Å². The molecule has 0 aliphatic heterocycles. The van der Waals surface area contributed by atoms with E-state index in [0.29, 0.717) is 24.9 Å². The minimum Gasteiger partial charge on any atom is -0.480 e. The lowest BCUT2D eigenvalue weighted by atomic mass is 10.1. The molecule has 26 heavy (non-hydrogen) atoms. The number of nitrogens with two attached hydrogens (primary N) is 1. The van der Waals surface area contributed by atoms with Crippen LogP contribution in [0.25, 0.3) is 0 Å². The zero-order valence-corrected chi connectivity index (χ0v) is 15.5. The van der Waals surface area contributed by atoms with Gasteiger partial charge >= 0.3 is 5.97 Å². The van der Waals surface area contributed by atoms with Crippen LogP contribution >= 0.6 is 0 Å². The van der Waals surface area contributed by atoms with Crippen LogP contribution < -0.4 is 10.0 Å². The number of aryl methyl sites for hydroxylation is 1. The normalized spacial score (nSPS) is 12.5. The van der Waals surface area contributed by atoms with Crippen LogP contribution in [-0.2, 0) is 14.8 Å². The van der Waals surface area contributed by atoms with E-state index in [2.05, 4.69) is 0 Å². The average molecular weight is 376 g/mol. The fourth-order valence-corrected chi connectivity index (χ4v) is 4.07. The number of carboxylic acids is 1. The molecule has 0 aromatic heterocycles. The Morgan fingerprint density at radius 1 is 1.08 bits per heavy atom. The minimum atomic E-state index is -3.70. The van der Waals surface area contributed by atoms with Crippen LogP contribution in [-0.4, -0.2) is 32.1 Å². The van der Waals surface area contributed by atoms with Crippen molar-refractivity contribution in [2.24, 2.45) is 5.73 Å². The van der Waals surface area contributed by atoms with Crippen molar-refractivity contribution in [2.75, 3.05) is 10.8 Å². The van der Waals surface area contributed by atoms with Gasteiger partial charge in [-0.25, -0.2) is 8.42 Å². The lowest BCUT2D eigenvalue weighted by Crippen LogP contribution is -2.33. The molecule has 0 aliphatic carbocycles. The number of para-hydroxylation sites is 1. The van der Waals surface area contributed by atoms with Gasteiger partial charge in [0.1, 0.15) is 6.04 Å². The van der Waals surface area contributed by atoms with E-state index in [1.165, 1.54) is 4.31 Å². The molecule has 0 aliphatic rings. The summed E-state index contributed by atoms with van der Waals surface area (Å²) in [6, 6.07) is 14.7. The highest BCUT2D eigenvalue weighted by atomic mass is 32.2. The summed E-state index contributed by atoms with van der Waals surface area (Å²) in [4.78, 5) is 11.0. The first-order chi connectivity index (χ1) is 12.3. The van der Waals surface area contributed by atoms with Crippen LogP contribution in [0.5, 0.6) is 0 Å². The van der Waals surface area contributed by atoms with Crippen LogP contribution in [0.15, 0.2) is 59.5 Å². The molecular formula is C19H24N2O4S. The molecule has 7 heteroatoms. The summed E-state index contributed by atoms with van der Waals surface area (Å²) < 4.78 is 27.5. The van der Waals surface area contributed by atoms with Gasteiger partial charge in [0.2, 0.25) is 0 Å². The molecule has 2 rings (SSSR count). The Balaban J connectivity index is 2.19. The Morgan fingerprint density at radius 2 is 1.69 bits per heavy atom. The van der Waals surface area contributed by atoms with E-state index in [4.69, 9.17) is 10.8 Å². The molecule has 0 amide bonds. The van der Waals surface area contributed by atoms with E-state index < -0.39 is 22.0 Å². The van der Waals surface area contributed by atoms with Crippen molar-refractivity contribution in [1.82, 2.24) is 0 Å². The van der Waals surface area contributed by atoms with E-state index in [-0.39, 0.29) is 11.4 Å². The zero-order valence-electron chi connectivity index (χ0n) is 14.7. The van der Waals surface area contributed by atoms with Gasteiger partial charge < -0.3 is 10.8 Å². The SMILES string of the molecule is Cc1ccc(S(=O)(=O)N(CCCC[C@H](N)C(=O)O)c2ccccc2)cc1. The predicted octanol–water partition coefficient (Wildman–Crippen LogP) is 2.77. The minimum absolute atomic E-state index is 0.231. The summed E-state index contributed by atoms with van der Waals surface area (Å²) in [5, 5.41) is 8.84. The number of carboxylic acid groups (broad SMARTS) is 1. The van der Waals surface area contributed by atoms with Gasteiger partial charge in [-0.15, -0.1) is 0 Å². The molecule has 0 radical (unpaired) electrons. The second kappa shape index (κ2) is 8.82. The number of sulfonamides is 1. The molecule has 3 N–H and O–H groups in total. The van der Waals surface area contributed by atoms with Gasteiger partial charge in [-0.3, -0.25) is 9.10 Å². The summed E-state index contributed by atoms with van der Waals surface area (Å²) in [5.74, 6) is -1.04. The third-order valence-electron chi connectivity index (χ3n) is 4.10. The van der Waals surface area contributed by atoms with Crippen molar-refractivity contribution in [3.8, 4) is 0 Å². The Morgan fingerprint density at radius 3 is 2.27 bits per heavy atom. The highest BCUT2D eigenvalue weighted by Gasteiger charge is 2.24. The Labute approximate surface area is 154 Å². The van der Waals surface area contributed by atoms with Gasteiger partial charge in [-0.2, -0.15) is 0 Å². The number of nitrogens with zero attached hydrogens (tertiary/aromatic N) is 1. The molecule has 6 nitrogen and oxygen atoms in total. The molecule has 1 atom stereocenters. The topological polar surface area (TPSA) is 101 Å². The molecule has 2 aromatic carbocycles. The van der Waals surface area contributed by atoms with Gasteiger partial charge in [0.15, 0.2) is 0 Å². The number of benzene rings is 2. The van der Waals surface area contributed by atoms with Crippen LogP contribution in [0.1, 0.15) is 24.8 Å². The fourth-order valence-electron chi connectivity index (χ4n) is 2.56. The van der Waals surface area contributed by atoms with E-state index in [1.807, 2.05) is 13.0 Å². The zero-order chi connectivity index (χ0) is 19.2. The maximum absolute atomic E-state index is 13.1. The molecule has 140 valence electrons. The summed E-state index contributed by atoms with van der Waals surface area (Å²) in [7, 11) is -3.70. The third kappa shape index (κ3) is 5.06. The second-order valence-electron chi connectivity index (χ2n) is 6.17. The number of anilines is 1. The molecule has 0 heterocycles.